The maximum atomic E-state index is 11.9. The van der Waals surface area contributed by atoms with Crippen LogP contribution >= 0.6 is 11.6 Å². The largest absolute Gasteiger partial charge is 0.497 e. The molecule has 32 heavy (non-hydrogen) atoms. The topological polar surface area (TPSA) is 89.0 Å². The lowest BCUT2D eigenvalue weighted by atomic mass is 10.1. The second-order valence-electron chi connectivity index (χ2n) is 7.78. The minimum absolute atomic E-state index is 0.329. The van der Waals surface area contributed by atoms with Gasteiger partial charge in [0.15, 0.2) is 0 Å². The van der Waals surface area contributed by atoms with E-state index >= 15 is 0 Å². The summed E-state index contributed by atoms with van der Waals surface area (Å²) in [5.74, 6) is 0.775. The van der Waals surface area contributed by atoms with Crippen LogP contribution in [0.15, 0.2) is 52.2 Å². The summed E-state index contributed by atoms with van der Waals surface area (Å²) in [5.41, 5.74) is 2.57. The second kappa shape index (κ2) is 9.44. The molecule has 0 bridgehead atoms. The highest BCUT2D eigenvalue weighted by Gasteiger charge is 2.11. The minimum atomic E-state index is -0.360. The molecular formula is C24H25ClN4O3. The van der Waals surface area contributed by atoms with Crippen LogP contribution in [-0.4, -0.2) is 28.2 Å². The van der Waals surface area contributed by atoms with E-state index in [9.17, 15) is 9.59 Å². The van der Waals surface area contributed by atoms with Gasteiger partial charge in [0.2, 0.25) is 0 Å². The monoisotopic (exact) mass is 452 g/mol. The number of benzene rings is 2. The second-order valence-corrected chi connectivity index (χ2v) is 8.22. The van der Waals surface area contributed by atoms with E-state index in [1.54, 1.807) is 24.8 Å². The summed E-state index contributed by atoms with van der Waals surface area (Å²) >= 11 is 6.19. The summed E-state index contributed by atoms with van der Waals surface area (Å²) in [6.07, 6.45) is 4.33. The average molecular weight is 453 g/mol. The molecule has 0 saturated heterocycles. The number of rotatable bonds is 8. The molecule has 0 atom stereocenters. The molecular weight excluding hydrogens is 428 g/mol. The molecule has 0 aliphatic rings. The molecule has 7 nitrogen and oxygen atoms in total. The zero-order valence-electron chi connectivity index (χ0n) is 18.1. The van der Waals surface area contributed by atoms with Gasteiger partial charge in [0, 0.05) is 40.6 Å². The SMILES string of the molecule is COc1ccc2nc3cc(Cl)ccc3c(NCCCCCn3cc(C)c(=O)[nH]c3=O)c2c1. The number of H-pyrrole nitrogens is 1. The van der Waals surface area contributed by atoms with Crippen molar-refractivity contribution in [2.45, 2.75) is 32.7 Å². The third kappa shape index (κ3) is 4.62. The molecule has 0 spiro atoms. The predicted octanol–water partition coefficient (Wildman–Crippen LogP) is 4.49. The fraction of sp³-hybridized carbons (Fsp3) is 0.292. The van der Waals surface area contributed by atoms with Crippen molar-refractivity contribution < 1.29 is 4.74 Å². The number of nitrogens with zero attached hydrogens (tertiary/aromatic N) is 2. The lowest BCUT2D eigenvalue weighted by molar-refractivity contribution is 0.415. The Morgan fingerprint density at radius 2 is 1.91 bits per heavy atom. The van der Waals surface area contributed by atoms with Gasteiger partial charge in [0.05, 0.1) is 23.8 Å². The molecule has 0 unspecified atom stereocenters. The summed E-state index contributed by atoms with van der Waals surface area (Å²) < 4.78 is 6.97. The molecule has 166 valence electrons. The Morgan fingerprint density at radius 3 is 2.72 bits per heavy atom. The number of methoxy groups -OCH3 is 1. The van der Waals surface area contributed by atoms with Gasteiger partial charge in [-0.15, -0.1) is 0 Å². The van der Waals surface area contributed by atoms with Gasteiger partial charge < -0.3 is 14.6 Å². The van der Waals surface area contributed by atoms with Crippen molar-refractivity contribution in [1.82, 2.24) is 14.5 Å². The number of pyridine rings is 1. The van der Waals surface area contributed by atoms with Crippen molar-refractivity contribution in [2.75, 3.05) is 19.0 Å². The van der Waals surface area contributed by atoms with Gasteiger partial charge in [0.1, 0.15) is 5.75 Å². The smallest absolute Gasteiger partial charge is 0.328 e. The van der Waals surface area contributed by atoms with E-state index in [1.807, 2.05) is 36.4 Å². The molecule has 0 aliphatic heterocycles. The highest BCUT2D eigenvalue weighted by molar-refractivity contribution is 6.31. The Kier molecular flexibility index (Phi) is 6.46. The van der Waals surface area contributed by atoms with Crippen LogP contribution in [0.4, 0.5) is 5.69 Å². The van der Waals surface area contributed by atoms with Gasteiger partial charge in [-0.25, -0.2) is 9.78 Å². The van der Waals surface area contributed by atoms with Crippen LogP contribution in [-0.2, 0) is 6.54 Å². The van der Waals surface area contributed by atoms with Crippen LogP contribution in [0.25, 0.3) is 21.8 Å². The zero-order chi connectivity index (χ0) is 22.7. The minimum Gasteiger partial charge on any atom is -0.497 e. The molecule has 4 rings (SSSR count). The Bertz CT molecular complexity index is 1390. The van der Waals surface area contributed by atoms with Crippen LogP contribution in [0.5, 0.6) is 5.75 Å². The molecule has 2 aromatic heterocycles. The summed E-state index contributed by atoms with van der Waals surface area (Å²) in [6.45, 7) is 3.05. The van der Waals surface area contributed by atoms with Crippen molar-refractivity contribution in [3.8, 4) is 5.75 Å². The number of anilines is 1. The molecule has 2 aromatic carbocycles. The summed E-state index contributed by atoms with van der Waals surface area (Å²) in [4.78, 5) is 30.5. The first-order valence-corrected chi connectivity index (χ1v) is 11.0. The summed E-state index contributed by atoms with van der Waals surface area (Å²) in [5, 5.41) is 6.22. The van der Waals surface area contributed by atoms with Gasteiger partial charge in [-0.2, -0.15) is 0 Å². The number of unbranched alkanes of at least 4 members (excludes halogenated alkanes) is 2. The van der Waals surface area contributed by atoms with Crippen molar-refractivity contribution in [3.05, 3.63) is 74.0 Å². The van der Waals surface area contributed by atoms with E-state index in [4.69, 9.17) is 21.3 Å². The number of fused-ring (bicyclic) bond motifs is 2. The van der Waals surface area contributed by atoms with Crippen LogP contribution in [0.3, 0.4) is 0 Å². The van der Waals surface area contributed by atoms with Gasteiger partial charge in [-0.05, 0) is 62.6 Å². The van der Waals surface area contributed by atoms with Crippen molar-refractivity contribution in [2.24, 2.45) is 0 Å². The maximum absolute atomic E-state index is 11.9. The molecule has 2 heterocycles. The first-order chi connectivity index (χ1) is 15.5. The number of aromatic nitrogens is 3. The third-order valence-electron chi connectivity index (χ3n) is 5.51. The Morgan fingerprint density at radius 1 is 1.06 bits per heavy atom. The van der Waals surface area contributed by atoms with Crippen LogP contribution in [0, 0.1) is 6.92 Å². The zero-order valence-corrected chi connectivity index (χ0v) is 18.8. The molecule has 2 N–H and O–H groups in total. The highest BCUT2D eigenvalue weighted by atomic mass is 35.5. The number of nitrogens with one attached hydrogen (secondary N) is 2. The Hall–Kier alpha value is -3.32. The quantitative estimate of drug-likeness (QED) is 0.303. The summed E-state index contributed by atoms with van der Waals surface area (Å²) in [6, 6.07) is 11.6. The molecule has 8 heteroatoms. The molecule has 0 amide bonds. The van der Waals surface area contributed by atoms with Crippen molar-refractivity contribution in [1.29, 1.82) is 0 Å². The van der Waals surface area contributed by atoms with Crippen molar-refractivity contribution >= 4 is 39.1 Å². The van der Waals surface area contributed by atoms with E-state index in [1.165, 1.54) is 0 Å². The van der Waals surface area contributed by atoms with Crippen LogP contribution < -0.4 is 21.3 Å². The van der Waals surface area contributed by atoms with Crippen LogP contribution in [0.1, 0.15) is 24.8 Å². The maximum Gasteiger partial charge on any atom is 0.328 e. The van der Waals surface area contributed by atoms with E-state index in [2.05, 4.69) is 10.3 Å². The third-order valence-corrected chi connectivity index (χ3v) is 5.74. The molecule has 4 aromatic rings. The first kappa shape index (κ1) is 21.9. The molecule has 0 saturated carbocycles. The normalized spacial score (nSPS) is 11.2. The fourth-order valence-corrected chi connectivity index (χ4v) is 3.96. The number of hydrogen-bond donors (Lipinski definition) is 2. The Balaban J connectivity index is 1.47. The summed E-state index contributed by atoms with van der Waals surface area (Å²) in [7, 11) is 1.65. The van der Waals surface area contributed by atoms with Gasteiger partial charge in [-0.1, -0.05) is 11.6 Å². The fourth-order valence-electron chi connectivity index (χ4n) is 3.80. The van der Waals surface area contributed by atoms with Gasteiger partial charge in [-0.3, -0.25) is 9.78 Å². The lowest BCUT2D eigenvalue weighted by Crippen LogP contribution is -2.30. The number of aromatic amines is 1. The molecule has 0 fully saturated rings. The van der Waals surface area contributed by atoms with Gasteiger partial charge in [0.25, 0.3) is 5.56 Å². The number of ether oxygens (including phenoxy) is 1. The number of hydrogen-bond acceptors (Lipinski definition) is 5. The molecule has 0 radical (unpaired) electrons. The van der Waals surface area contributed by atoms with E-state index < -0.39 is 0 Å². The predicted molar refractivity (Wildman–Crippen MR) is 129 cm³/mol. The molecule has 0 aliphatic carbocycles. The number of halogens is 1. The van der Waals surface area contributed by atoms with E-state index in [-0.39, 0.29) is 11.2 Å². The highest BCUT2D eigenvalue weighted by Crippen LogP contribution is 2.34. The first-order valence-electron chi connectivity index (χ1n) is 10.6. The van der Waals surface area contributed by atoms with E-state index in [0.717, 1.165) is 59.0 Å². The average Bonchev–Trinajstić information content (AvgIpc) is 2.78. The lowest BCUT2D eigenvalue weighted by Gasteiger charge is -2.14. The van der Waals surface area contributed by atoms with Crippen LogP contribution in [0.2, 0.25) is 5.02 Å². The van der Waals surface area contributed by atoms with Crippen molar-refractivity contribution in [3.63, 3.8) is 0 Å². The Labute approximate surface area is 190 Å². The number of aryl methyl sites for hydroxylation is 2. The standard InChI is InChI=1S/C24H25ClN4O3/c1-15-14-29(24(31)28-23(15)30)11-5-3-4-10-26-22-18-8-6-16(25)12-21(18)27-20-9-7-17(32-2)13-19(20)22/h6-9,12-14H,3-5,10-11H2,1-2H3,(H,26,27)(H,28,30,31). The van der Waals surface area contributed by atoms with Gasteiger partial charge >= 0.3 is 5.69 Å². The van der Waals surface area contributed by atoms with E-state index in [0.29, 0.717) is 17.1 Å².